The number of aromatic nitrogens is 3. The number of rotatable bonds is 3. The molecule has 0 aliphatic carbocycles. The summed E-state index contributed by atoms with van der Waals surface area (Å²) in [5, 5.41) is 4.62. The highest BCUT2D eigenvalue weighted by Gasteiger charge is 2.19. The van der Waals surface area contributed by atoms with Crippen LogP contribution in [0.25, 0.3) is 77.5 Å². The van der Waals surface area contributed by atoms with Gasteiger partial charge in [-0.05, 0) is 60.7 Å². The molecule has 9 rings (SSSR count). The Morgan fingerprint density at radius 2 is 1.12 bits per heavy atom. The third-order valence-corrected chi connectivity index (χ3v) is 8.14. The lowest BCUT2D eigenvalue weighted by Crippen LogP contribution is -1.99. The zero-order chi connectivity index (χ0) is 26.9. The Morgan fingerprint density at radius 1 is 0.463 bits per heavy atom. The number of fused-ring (bicyclic) bond motifs is 8. The number of imidazole rings is 1. The van der Waals surface area contributed by atoms with Crippen molar-refractivity contribution in [2.75, 3.05) is 0 Å². The van der Waals surface area contributed by atoms with Gasteiger partial charge in [-0.3, -0.25) is 4.57 Å². The molecule has 0 spiro atoms. The summed E-state index contributed by atoms with van der Waals surface area (Å²) >= 11 is 0. The van der Waals surface area contributed by atoms with Crippen LogP contribution in [0.3, 0.4) is 0 Å². The summed E-state index contributed by atoms with van der Waals surface area (Å²) in [4.78, 5) is 5.01. The van der Waals surface area contributed by atoms with E-state index in [0.717, 1.165) is 72.2 Å². The van der Waals surface area contributed by atoms with Crippen molar-refractivity contribution in [1.29, 1.82) is 0 Å². The first-order valence-corrected chi connectivity index (χ1v) is 13.8. The Balaban J connectivity index is 1.27. The van der Waals surface area contributed by atoms with Crippen LogP contribution in [0.5, 0.6) is 0 Å². The second-order valence-electron chi connectivity index (χ2n) is 10.4. The van der Waals surface area contributed by atoms with Crippen molar-refractivity contribution in [3.8, 4) is 22.8 Å². The Kier molecular flexibility index (Phi) is 4.58. The van der Waals surface area contributed by atoms with Crippen LogP contribution >= 0.6 is 0 Å². The van der Waals surface area contributed by atoms with Crippen LogP contribution in [0.4, 0.5) is 0 Å². The molecule has 41 heavy (non-hydrogen) atoms. The van der Waals surface area contributed by atoms with Gasteiger partial charge in [0.1, 0.15) is 17.0 Å². The van der Waals surface area contributed by atoms with Crippen molar-refractivity contribution in [2.45, 2.75) is 0 Å². The van der Waals surface area contributed by atoms with Gasteiger partial charge in [-0.1, -0.05) is 78.9 Å². The maximum Gasteiger partial charge on any atom is 0.145 e. The molecular weight excluding hydrogens is 502 g/mol. The lowest BCUT2D eigenvalue weighted by Gasteiger charge is -2.12. The summed E-state index contributed by atoms with van der Waals surface area (Å²) in [6.07, 6.45) is 0. The molecule has 4 heteroatoms. The normalized spacial score (nSPS) is 11.9. The molecule has 4 nitrogen and oxygen atoms in total. The molecule has 192 valence electrons. The molecule has 3 aromatic heterocycles. The first-order valence-electron chi connectivity index (χ1n) is 13.8. The zero-order valence-electron chi connectivity index (χ0n) is 22.0. The zero-order valence-corrected chi connectivity index (χ0v) is 22.0. The second kappa shape index (κ2) is 8.44. The van der Waals surface area contributed by atoms with Crippen molar-refractivity contribution >= 4 is 54.8 Å². The van der Waals surface area contributed by atoms with E-state index in [2.05, 4.69) is 124 Å². The quantitative estimate of drug-likeness (QED) is 0.230. The van der Waals surface area contributed by atoms with E-state index in [4.69, 9.17) is 9.40 Å². The van der Waals surface area contributed by atoms with Gasteiger partial charge >= 0.3 is 0 Å². The molecule has 3 heterocycles. The maximum absolute atomic E-state index is 6.46. The molecule has 0 atom stereocenters. The summed E-state index contributed by atoms with van der Waals surface area (Å²) in [5.41, 5.74) is 9.46. The molecule has 9 aromatic rings. The van der Waals surface area contributed by atoms with Crippen LogP contribution in [-0.4, -0.2) is 14.1 Å². The molecule has 0 amide bonds. The summed E-state index contributed by atoms with van der Waals surface area (Å²) in [6.45, 7) is 0. The van der Waals surface area contributed by atoms with Crippen molar-refractivity contribution in [3.05, 3.63) is 140 Å². The first kappa shape index (κ1) is 22.2. The van der Waals surface area contributed by atoms with E-state index in [-0.39, 0.29) is 0 Å². The smallest absolute Gasteiger partial charge is 0.145 e. The van der Waals surface area contributed by atoms with Gasteiger partial charge in [0.05, 0.1) is 27.5 Å². The second-order valence-corrected chi connectivity index (χ2v) is 10.4. The van der Waals surface area contributed by atoms with Crippen LogP contribution in [-0.2, 0) is 0 Å². The van der Waals surface area contributed by atoms with Gasteiger partial charge in [0, 0.05) is 33.1 Å². The highest BCUT2D eigenvalue weighted by atomic mass is 16.3. The molecule has 6 aromatic carbocycles. The van der Waals surface area contributed by atoms with E-state index in [1.165, 1.54) is 5.39 Å². The van der Waals surface area contributed by atoms with Gasteiger partial charge in [-0.15, -0.1) is 0 Å². The van der Waals surface area contributed by atoms with Crippen LogP contribution in [0, 0.1) is 0 Å². The third-order valence-electron chi connectivity index (χ3n) is 8.14. The monoisotopic (exact) mass is 525 g/mol. The molecule has 0 aliphatic rings. The molecule has 0 aliphatic heterocycles. The Hall–Kier alpha value is -5.61. The average Bonchev–Trinajstić information content (AvgIpc) is 3.71. The van der Waals surface area contributed by atoms with Gasteiger partial charge in [0.15, 0.2) is 0 Å². The largest absolute Gasteiger partial charge is 0.455 e. The third kappa shape index (κ3) is 3.19. The minimum Gasteiger partial charge on any atom is -0.455 e. The van der Waals surface area contributed by atoms with E-state index in [0.29, 0.717) is 0 Å². The molecule has 0 radical (unpaired) electrons. The van der Waals surface area contributed by atoms with Crippen LogP contribution in [0.2, 0.25) is 0 Å². The number of furan rings is 1. The predicted molar refractivity (Wildman–Crippen MR) is 168 cm³/mol. The topological polar surface area (TPSA) is 35.9 Å². The fourth-order valence-electron chi connectivity index (χ4n) is 6.33. The highest BCUT2D eigenvalue weighted by Crippen LogP contribution is 2.40. The summed E-state index contributed by atoms with van der Waals surface area (Å²) in [6, 6.07) is 48.8. The van der Waals surface area contributed by atoms with Crippen LogP contribution in [0.1, 0.15) is 0 Å². The first-order chi connectivity index (χ1) is 20.3. The minimum atomic E-state index is 0.915. The highest BCUT2D eigenvalue weighted by molar-refractivity contribution is 6.23. The van der Waals surface area contributed by atoms with E-state index >= 15 is 0 Å². The fourth-order valence-corrected chi connectivity index (χ4v) is 6.33. The van der Waals surface area contributed by atoms with Crippen molar-refractivity contribution < 1.29 is 4.42 Å². The van der Waals surface area contributed by atoms with Gasteiger partial charge < -0.3 is 8.98 Å². The van der Waals surface area contributed by atoms with Crippen LogP contribution < -0.4 is 0 Å². The Bertz CT molecular complexity index is 2410. The standard InChI is InChI=1S/C37H23N3O/c1-2-10-24(11-3-1)37-38-30-14-6-8-16-32(30)40(37)26-20-18-25(19-21-26)39-31-15-7-4-13-29(31)35-33(39)23-22-28-27-12-5-9-17-34(27)41-36(28)35/h1-23H. The number of benzene rings is 6. The molecule has 0 saturated heterocycles. The van der Waals surface area contributed by atoms with E-state index < -0.39 is 0 Å². The lowest BCUT2D eigenvalue weighted by atomic mass is 10.1. The summed E-state index contributed by atoms with van der Waals surface area (Å²) in [5.74, 6) is 0.934. The SMILES string of the molecule is c1ccc(-c2nc3ccccc3n2-c2ccc(-n3c4ccccc4c4c5oc6ccccc6c5ccc43)cc2)cc1. The van der Waals surface area contributed by atoms with Crippen molar-refractivity contribution in [3.63, 3.8) is 0 Å². The molecule has 0 unspecified atom stereocenters. The van der Waals surface area contributed by atoms with Crippen molar-refractivity contribution in [2.24, 2.45) is 0 Å². The molecule has 0 N–H and O–H groups in total. The number of hydrogen-bond acceptors (Lipinski definition) is 2. The van der Waals surface area contributed by atoms with E-state index in [1.54, 1.807) is 0 Å². The number of para-hydroxylation sites is 4. The lowest BCUT2D eigenvalue weighted by molar-refractivity contribution is 0.673. The summed E-state index contributed by atoms with van der Waals surface area (Å²) in [7, 11) is 0. The number of nitrogens with zero attached hydrogens (tertiary/aromatic N) is 3. The molecule has 0 bridgehead atoms. The molecule has 0 fully saturated rings. The van der Waals surface area contributed by atoms with E-state index in [1.807, 2.05) is 24.3 Å². The van der Waals surface area contributed by atoms with Gasteiger partial charge in [0.25, 0.3) is 0 Å². The Morgan fingerprint density at radius 3 is 1.95 bits per heavy atom. The van der Waals surface area contributed by atoms with Gasteiger partial charge in [-0.2, -0.15) is 0 Å². The van der Waals surface area contributed by atoms with E-state index in [9.17, 15) is 0 Å². The minimum absolute atomic E-state index is 0.915. The fraction of sp³-hybridized carbons (Fsp3) is 0. The Labute approximate surface area is 235 Å². The average molecular weight is 526 g/mol. The molecule has 0 saturated carbocycles. The van der Waals surface area contributed by atoms with Crippen molar-refractivity contribution in [1.82, 2.24) is 14.1 Å². The predicted octanol–water partition coefficient (Wildman–Crippen LogP) is 9.69. The maximum atomic E-state index is 6.46. The van der Waals surface area contributed by atoms with Crippen LogP contribution in [0.15, 0.2) is 144 Å². The van der Waals surface area contributed by atoms with Gasteiger partial charge in [0.2, 0.25) is 0 Å². The van der Waals surface area contributed by atoms with Gasteiger partial charge in [-0.25, -0.2) is 4.98 Å². The number of hydrogen-bond donors (Lipinski definition) is 0. The molecular formula is C37H23N3O. The summed E-state index contributed by atoms with van der Waals surface area (Å²) < 4.78 is 11.1.